The highest BCUT2D eigenvalue weighted by Crippen LogP contribution is 2.26. The molecular formula is C16H20N2O. The highest BCUT2D eigenvalue weighted by molar-refractivity contribution is 6.43. The number of hydrogen-bond acceptors (Lipinski definition) is 2. The zero-order valence-corrected chi connectivity index (χ0v) is 11.5. The van der Waals surface area contributed by atoms with Crippen LogP contribution >= 0.6 is 0 Å². The molecule has 0 spiro atoms. The molecule has 2 rings (SSSR count). The van der Waals surface area contributed by atoms with E-state index in [0.717, 1.165) is 6.42 Å². The van der Waals surface area contributed by atoms with Crippen molar-refractivity contribution in [2.24, 2.45) is 22.6 Å². The number of carbonyl (C=O) groups excluding carboxylic acids is 1. The lowest BCUT2D eigenvalue weighted by atomic mass is 9.85. The smallest absolute Gasteiger partial charge is 0.266 e. The minimum Gasteiger partial charge on any atom is -0.364 e. The molecule has 0 aliphatic carbocycles. The van der Waals surface area contributed by atoms with E-state index in [0.29, 0.717) is 24.1 Å². The fraction of sp³-hybridized carbons (Fsp3) is 0.375. The van der Waals surface area contributed by atoms with E-state index in [2.05, 4.69) is 31.0 Å². The zero-order chi connectivity index (χ0) is 13.8. The summed E-state index contributed by atoms with van der Waals surface area (Å²) in [6.07, 6.45) is 2.72. The second-order valence-electron chi connectivity index (χ2n) is 5.24. The Morgan fingerprint density at radius 1 is 1.32 bits per heavy atom. The van der Waals surface area contributed by atoms with Crippen molar-refractivity contribution in [1.29, 1.82) is 0 Å². The van der Waals surface area contributed by atoms with Gasteiger partial charge < -0.3 is 5.73 Å². The summed E-state index contributed by atoms with van der Waals surface area (Å²) in [5, 5.41) is 0. The molecule has 0 saturated carbocycles. The van der Waals surface area contributed by atoms with E-state index in [1.807, 2.05) is 24.3 Å². The third-order valence-electron chi connectivity index (χ3n) is 3.81. The van der Waals surface area contributed by atoms with Gasteiger partial charge in [-0.05, 0) is 29.9 Å². The van der Waals surface area contributed by atoms with Gasteiger partial charge in [-0.25, -0.2) is 0 Å². The number of rotatable bonds is 3. The molecule has 0 bridgehead atoms. The van der Waals surface area contributed by atoms with Crippen LogP contribution in [0.25, 0.3) is 0 Å². The molecule has 2 N–H and O–H groups in total. The molecule has 2 unspecified atom stereocenters. The van der Waals surface area contributed by atoms with Crippen LogP contribution in [0.1, 0.15) is 19.4 Å². The summed E-state index contributed by atoms with van der Waals surface area (Å²) in [5.74, 6) is 0.388. The van der Waals surface area contributed by atoms with Gasteiger partial charge in [0.1, 0.15) is 5.71 Å². The fourth-order valence-corrected chi connectivity index (χ4v) is 2.31. The zero-order valence-electron chi connectivity index (χ0n) is 11.5. The Hall–Kier alpha value is -1.90. The number of allylic oxidation sites excluding steroid dienone is 1. The Morgan fingerprint density at radius 3 is 2.63 bits per heavy atom. The Kier molecular flexibility index (Phi) is 4.15. The van der Waals surface area contributed by atoms with Crippen molar-refractivity contribution in [2.75, 3.05) is 6.54 Å². The first kappa shape index (κ1) is 13.5. The van der Waals surface area contributed by atoms with E-state index in [1.54, 1.807) is 0 Å². The standard InChI is InChI=1S/C16H20N2O/c1-11-10-18-15(16(17)19)9-14(12(11)2)8-13-6-4-3-5-7-13/h3-7,9,11-12H,8,10H2,1-2H3,(H2,17,19). The largest absolute Gasteiger partial charge is 0.364 e. The van der Waals surface area contributed by atoms with Gasteiger partial charge in [0.05, 0.1) is 0 Å². The summed E-state index contributed by atoms with van der Waals surface area (Å²) < 4.78 is 0. The molecule has 0 aromatic heterocycles. The Bertz CT molecular complexity index is 517. The molecule has 1 aromatic rings. The number of benzene rings is 1. The van der Waals surface area contributed by atoms with Gasteiger partial charge in [-0.3, -0.25) is 9.79 Å². The van der Waals surface area contributed by atoms with Crippen molar-refractivity contribution in [1.82, 2.24) is 0 Å². The van der Waals surface area contributed by atoms with Gasteiger partial charge in [0.15, 0.2) is 0 Å². The summed E-state index contributed by atoms with van der Waals surface area (Å²) in [7, 11) is 0. The molecule has 100 valence electrons. The first-order valence-corrected chi connectivity index (χ1v) is 6.66. The average molecular weight is 256 g/mol. The third-order valence-corrected chi connectivity index (χ3v) is 3.81. The number of carbonyl (C=O) groups is 1. The Balaban J connectivity index is 2.29. The van der Waals surface area contributed by atoms with Crippen LogP contribution < -0.4 is 5.73 Å². The summed E-state index contributed by atoms with van der Waals surface area (Å²) >= 11 is 0. The monoisotopic (exact) mass is 256 g/mol. The molecule has 3 heteroatoms. The number of primary amides is 1. The molecule has 1 aliphatic heterocycles. The molecule has 1 aliphatic rings. The molecule has 19 heavy (non-hydrogen) atoms. The minimum absolute atomic E-state index is 0.404. The molecule has 2 atom stereocenters. The van der Waals surface area contributed by atoms with E-state index in [4.69, 9.17) is 5.73 Å². The second-order valence-corrected chi connectivity index (χ2v) is 5.24. The predicted molar refractivity (Wildman–Crippen MR) is 78.1 cm³/mol. The Labute approximate surface area is 114 Å². The Morgan fingerprint density at radius 2 is 2.00 bits per heavy atom. The van der Waals surface area contributed by atoms with Gasteiger partial charge in [0, 0.05) is 6.54 Å². The van der Waals surface area contributed by atoms with E-state index in [-0.39, 0.29) is 0 Å². The molecule has 1 amide bonds. The third kappa shape index (κ3) is 3.31. The van der Waals surface area contributed by atoms with Gasteiger partial charge in [-0.15, -0.1) is 0 Å². The molecule has 0 saturated heterocycles. The number of hydrogen-bond donors (Lipinski definition) is 1. The molecule has 1 heterocycles. The fourth-order valence-electron chi connectivity index (χ4n) is 2.31. The first-order valence-electron chi connectivity index (χ1n) is 6.66. The lowest BCUT2D eigenvalue weighted by Gasteiger charge is -2.20. The van der Waals surface area contributed by atoms with Crippen molar-refractivity contribution in [2.45, 2.75) is 20.3 Å². The highest BCUT2D eigenvalue weighted by Gasteiger charge is 2.21. The van der Waals surface area contributed by atoms with Crippen LogP contribution in [-0.2, 0) is 11.2 Å². The van der Waals surface area contributed by atoms with Gasteiger partial charge in [-0.1, -0.05) is 49.8 Å². The quantitative estimate of drug-likeness (QED) is 0.886. The van der Waals surface area contributed by atoms with Gasteiger partial charge in [0.25, 0.3) is 5.91 Å². The van der Waals surface area contributed by atoms with Crippen LogP contribution in [0, 0.1) is 11.8 Å². The predicted octanol–water partition coefficient (Wildman–Crippen LogP) is 2.37. The van der Waals surface area contributed by atoms with Gasteiger partial charge >= 0.3 is 0 Å². The van der Waals surface area contributed by atoms with Crippen molar-refractivity contribution in [3.8, 4) is 0 Å². The number of aliphatic imine (C=N–C) groups is 1. The summed E-state index contributed by atoms with van der Waals surface area (Å²) in [4.78, 5) is 15.7. The van der Waals surface area contributed by atoms with Crippen molar-refractivity contribution < 1.29 is 4.79 Å². The molecular weight excluding hydrogens is 236 g/mol. The number of nitrogens with zero attached hydrogens (tertiary/aromatic N) is 1. The first-order chi connectivity index (χ1) is 9.08. The summed E-state index contributed by atoms with van der Waals surface area (Å²) in [6, 6.07) is 10.3. The number of amides is 1. The maximum absolute atomic E-state index is 11.4. The molecule has 3 nitrogen and oxygen atoms in total. The normalized spacial score (nSPS) is 23.3. The highest BCUT2D eigenvalue weighted by atomic mass is 16.1. The topological polar surface area (TPSA) is 55.4 Å². The van der Waals surface area contributed by atoms with Crippen LogP contribution in [0.2, 0.25) is 0 Å². The van der Waals surface area contributed by atoms with Gasteiger partial charge in [-0.2, -0.15) is 0 Å². The van der Waals surface area contributed by atoms with Crippen LogP contribution in [0.4, 0.5) is 0 Å². The van der Waals surface area contributed by atoms with Gasteiger partial charge in [0.2, 0.25) is 0 Å². The average Bonchev–Trinajstić information content (AvgIpc) is 2.54. The van der Waals surface area contributed by atoms with Crippen LogP contribution in [0.15, 0.2) is 47.0 Å². The summed E-state index contributed by atoms with van der Waals surface area (Å²) in [6.45, 7) is 5.02. The maximum Gasteiger partial charge on any atom is 0.266 e. The van der Waals surface area contributed by atoms with Crippen LogP contribution in [0.5, 0.6) is 0 Å². The van der Waals surface area contributed by atoms with Crippen LogP contribution in [0.3, 0.4) is 0 Å². The summed E-state index contributed by atoms with van der Waals surface area (Å²) in [5.41, 5.74) is 8.25. The molecule has 1 aromatic carbocycles. The SMILES string of the molecule is CC1CN=C(C(N)=O)C=C(Cc2ccccc2)C1C. The van der Waals surface area contributed by atoms with Crippen LogP contribution in [-0.4, -0.2) is 18.2 Å². The minimum atomic E-state index is -0.438. The van der Waals surface area contributed by atoms with E-state index < -0.39 is 5.91 Å². The molecule has 0 radical (unpaired) electrons. The number of nitrogens with two attached hydrogens (primary N) is 1. The second kappa shape index (κ2) is 5.83. The lowest BCUT2D eigenvalue weighted by Crippen LogP contribution is -2.22. The van der Waals surface area contributed by atoms with Crippen molar-refractivity contribution >= 4 is 11.6 Å². The van der Waals surface area contributed by atoms with E-state index >= 15 is 0 Å². The molecule has 0 fully saturated rings. The van der Waals surface area contributed by atoms with E-state index in [1.165, 1.54) is 11.1 Å². The van der Waals surface area contributed by atoms with Crippen molar-refractivity contribution in [3.05, 3.63) is 47.5 Å². The lowest BCUT2D eigenvalue weighted by molar-refractivity contribution is -0.111. The maximum atomic E-state index is 11.4. The van der Waals surface area contributed by atoms with Crippen molar-refractivity contribution in [3.63, 3.8) is 0 Å². The van der Waals surface area contributed by atoms with E-state index in [9.17, 15) is 4.79 Å².